The van der Waals surface area contributed by atoms with Crippen LogP contribution in [0.3, 0.4) is 0 Å². The lowest BCUT2D eigenvalue weighted by Crippen LogP contribution is -2.29. The second-order valence-electron chi connectivity index (χ2n) is 8.55. The van der Waals surface area contributed by atoms with E-state index in [0.29, 0.717) is 11.7 Å². The van der Waals surface area contributed by atoms with Gasteiger partial charge < -0.3 is 14.5 Å². The first-order valence-corrected chi connectivity index (χ1v) is 12.6. The van der Waals surface area contributed by atoms with Gasteiger partial charge in [-0.05, 0) is 30.7 Å². The van der Waals surface area contributed by atoms with Crippen molar-refractivity contribution < 1.29 is 18.3 Å². The summed E-state index contributed by atoms with van der Waals surface area (Å²) in [6, 6.07) is 3.57. The molecule has 0 aliphatic carbocycles. The first-order valence-electron chi connectivity index (χ1n) is 11.4. The molecular formula is C25H27F2N5O2S. The minimum absolute atomic E-state index is 0.0175. The van der Waals surface area contributed by atoms with E-state index in [1.807, 2.05) is 16.9 Å². The van der Waals surface area contributed by atoms with Crippen LogP contribution in [0.15, 0.2) is 36.9 Å². The van der Waals surface area contributed by atoms with Gasteiger partial charge in [0.25, 0.3) is 0 Å². The monoisotopic (exact) mass is 499 g/mol. The van der Waals surface area contributed by atoms with Crippen LogP contribution in [0.2, 0.25) is 0 Å². The van der Waals surface area contributed by atoms with Crippen molar-refractivity contribution in [1.82, 2.24) is 24.1 Å². The average Bonchev–Trinajstić information content (AvgIpc) is 3.54. The Morgan fingerprint density at radius 1 is 1.06 bits per heavy atom. The zero-order valence-electron chi connectivity index (χ0n) is 19.8. The fourth-order valence-electron chi connectivity index (χ4n) is 4.62. The Labute approximate surface area is 206 Å². The lowest BCUT2D eigenvalue weighted by molar-refractivity contribution is 0.276. The largest absolute Gasteiger partial charge is 0.494 e. The molecule has 7 nitrogen and oxygen atoms in total. The molecule has 3 aromatic heterocycles. The smallest absolute Gasteiger partial charge is 0.171 e. The highest BCUT2D eigenvalue weighted by Gasteiger charge is 2.23. The molecule has 0 spiro atoms. The number of aromatic nitrogens is 4. The summed E-state index contributed by atoms with van der Waals surface area (Å²) in [5, 5.41) is 5.41. The van der Waals surface area contributed by atoms with Crippen molar-refractivity contribution in [3.05, 3.63) is 59.7 Å². The summed E-state index contributed by atoms with van der Waals surface area (Å²) < 4.78 is 44.5. The lowest BCUT2D eigenvalue weighted by atomic mass is 10.0. The standard InChI is InChI=1S/C25H27F2N5O2S/c1-33-21-10-22(34-2)24(27)20(23(21)26)9-16-12-29-25-19(16)8-15(11-28-25)17-13-30-32(14-17)18-4-6-31(35-3)7-5-18/h8,10-14,18H,4-7,9H2,1-3H3,(H,28,29). The van der Waals surface area contributed by atoms with Gasteiger partial charge in [0.15, 0.2) is 23.1 Å². The van der Waals surface area contributed by atoms with Crippen molar-refractivity contribution in [3.8, 4) is 22.6 Å². The second-order valence-corrected chi connectivity index (χ2v) is 9.43. The van der Waals surface area contributed by atoms with E-state index in [0.717, 1.165) is 48.0 Å². The molecule has 4 heterocycles. The Hall–Kier alpha value is -3.11. The van der Waals surface area contributed by atoms with E-state index in [-0.39, 0.29) is 23.5 Å². The fourth-order valence-corrected chi connectivity index (χ4v) is 5.20. The molecule has 10 heteroatoms. The van der Waals surface area contributed by atoms with E-state index >= 15 is 0 Å². The van der Waals surface area contributed by atoms with Gasteiger partial charge in [0.2, 0.25) is 0 Å². The number of pyridine rings is 1. The summed E-state index contributed by atoms with van der Waals surface area (Å²) in [6.07, 6.45) is 11.7. The number of piperidine rings is 1. The molecule has 0 unspecified atom stereocenters. The number of rotatable bonds is 7. The van der Waals surface area contributed by atoms with E-state index in [1.165, 1.54) is 20.3 Å². The number of benzene rings is 1. The predicted octanol–water partition coefficient (Wildman–Crippen LogP) is 5.23. The van der Waals surface area contributed by atoms with Crippen molar-refractivity contribution in [2.45, 2.75) is 25.3 Å². The Balaban J connectivity index is 1.45. The van der Waals surface area contributed by atoms with Gasteiger partial charge >= 0.3 is 0 Å². The third kappa shape index (κ3) is 4.48. The minimum Gasteiger partial charge on any atom is -0.494 e. The molecule has 1 fully saturated rings. The van der Waals surface area contributed by atoms with Crippen molar-refractivity contribution in [3.63, 3.8) is 0 Å². The number of ether oxygens (including phenoxy) is 2. The number of aromatic amines is 1. The van der Waals surface area contributed by atoms with Crippen LogP contribution in [-0.2, 0) is 6.42 Å². The lowest BCUT2D eigenvalue weighted by Gasteiger charge is -2.30. The molecule has 0 amide bonds. The molecule has 1 aliphatic rings. The Bertz CT molecular complexity index is 1320. The number of nitrogens with one attached hydrogen (secondary N) is 1. The molecule has 1 N–H and O–H groups in total. The van der Waals surface area contributed by atoms with Crippen molar-refractivity contribution in [2.24, 2.45) is 0 Å². The number of H-pyrrole nitrogens is 1. The number of hydrogen-bond donors (Lipinski definition) is 1. The van der Waals surface area contributed by atoms with Crippen LogP contribution >= 0.6 is 11.9 Å². The van der Waals surface area contributed by atoms with Crippen LogP contribution in [0.5, 0.6) is 11.5 Å². The van der Waals surface area contributed by atoms with Gasteiger partial charge in [0.1, 0.15) is 5.65 Å². The number of hydrogen-bond acceptors (Lipinski definition) is 6. The highest BCUT2D eigenvalue weighted by atomic mass is 32.2. The first kappa shape index (κ1) is 23.6. The summed E-state index contributed by atoms with van der Waals surface area (Å²) in [5.41, 5.74) is 3.11. The molecule has 0 atom stereocenters. The van der Waals surface area contributed by atoms with E-state index in [1.54, 1.807) is 24.3 Å². The van der Waals surface area contributed by atoms with Crippen LogP contribution in [0.4, 0.5) is 8.78 Å². The van der Waals surface area contributed by atoms with Gasteiger partial charge in [-0.1, -0.05) is 11.9 Å². The summed E-state index contributed by atoms with van der Waals surface area (Å²) in [5.74, 6) is -1.60. The molecule has 1 aliphatic heterocycles. The molecule has 0 bridgehead atoms. The third-order valence-electron chi connectivity index (χ3n) is 6.64. The van der Waals surface area contributed by atoms with Crippen LogP contribution in [0, 0.1) is 11.6 Å². The second kappa shape index (κ2) is 9.87. The topological polar surface area (TPSA) is 68.2 Å². The van der Waals surface area contributed by atoms with Crippen molar-refractivity contribution in [1.29, 1.82) is 0 Å². The van der Waals surface area contributed by atoms with E-state index < -0.39 is 11.6 Å². The highest BCUT2D eigenvalue weighted by Crippen LogP contribution is 2.34. The number of nitrogens with zero attached hydrogens (tertiary/aromatic N) is 4. The van der Waals surface area contributed by atoms with Gasteiger partial charge in [0.05, 0.1) is 26.5 Å². The van der Waals surface area contributed by atoms with Crippen LogP contribution in [-0.4, -0.2) is 57.6 Å². The molecule has 35 heavy (non-hydrogen) atoms. The molecule has 1 saturated heterocycles. The zero-order chi connectivity index (χ0) is 24.5. The number of halogens is 2. The quantitative estimate of drug-likeness (QED) is 0.352. The average molecular weight is 500 g/mol. The molecule has 5 rings (SSSR count). The van der Waals surface area contributed by atoms with Gasteiger partial charge in [0, 0.05) is 66.2 Å². The fraction of sp³-hybridized carbons (Fsp3) is 0.360. The minimum atomic E-state index is -0.738. The first-order chi connectivity index (χ1) is 17.0. The van der Waals surface area contributed by atoms with Gasteiger partial charge in [-0.2, -0.15) is 5.10 Å². The van der Waals surface area contributed by atoms with Crippen molar-refractivity contribution >= 4 is 23.0 Å². The maximum Gasteiger partial charge on any atom is 0.171 e. The maximum atomic E-state index is 15.0. The van der Waals surface area contributed by atoms with Crippen LogP contribution < -0.4 is 9.47 Å². The molecule has 4 aromatic rings. The molecule has 184 valence electrons. The van der Waals surface area contributed by atoms with Gasteiger partial charge in [-0.3, -0.25) is 8.99 Å². The van der Waals surface area contributed by atoms with E-state index in [9.17, 15) is 8.78 Å². The maximum absolute atomic E-state index is 15.0. The number of methoxy groups -OCH3 is 2. The molecule has 0 radical (unpaired) electrons. The summed E-state index contributed by atoms with van der Waals surface area (Å²) in [4.78, 5) is 7.64. The van der Waals surface area contributed by atoms with Gasteiger partial charge in [-0.25, -0.2) is 13.8 Å². The zero-order valence-corrected chi connectivity index (χ0v) is 20.7. The van der Waals surface area contributed by atoms with Gasteiger partial charge in [-0.15, -0.1) is 0 Å². The molecule has 1 aromatic carbocycles. The Kier molecular flexibility index (Phi) is 6.66. The van der Waals surface area contributed by atoms with Crippen LogP contribution in [0.1, 0.15) is 30.0 Å². The molecular weight excluding hydrogens is 472 g/mol. The summed E-state index contributed by atoms with van der Waals surface area (Å²) in [6.45, 7) is 2.09. The van der Waals surface area contributed by atoms with E-state index in [4.69, 9.17) is 9.47 Å². The van der Waals surface area contributed by atoms with Crippen molar-refractivity contribution in [2.75, 3.05) is 33.6 Å². The summed E-state index contributed by atoms with van der Waals surface area (Å²) >= 11 is 1.79. The predicted molar refractivity (Wildman–Crippen MR) is 133 cm³/mol. The SMILES string of the molecule is COc1cc(OC)c(F)c(Cc2c[nH]c3ncc(-c4cnn(C5CCN(SC)CC5)c4)cc23)c1F. The normalized spacial score (nSPS) is 15.1. The van der Waals surface area contributed by atoms with E-state index in [2.05, 4.69) is 31.8 Å². The van der Waals surface area contributed by atoms with Crippen LogP contribution in [0.25, 0.3) is 22.2 Å². The highest BCUT2D eigenvalue weighted by molar-refractivity contribution is 7.96. The summed E-state index contributed by atoms with van der Waals surface area (Å²) in [7, 11) is 2.68. The Morgan fingerprint density at radius 2 is 1.77 bits per heavy atom. The third-order valence-corrected chi connectivity index (χ3v) is 7.52. The molecule has 0 saturated carbocycles. The number of fused-ring (bicyclic) bond motifs is 1. The Morgan fingerprint density at radius 3 is 2.43 bits per heavy atom.